The van der Waals surface area contributed by atoms with Crippen molar-refractivity contribution in [1.29, 1.82) is 5.26 Å². The van der Waals surface area contributed by atoms with Crippen molar-refractivity contribution < 1.29 is 22.0 Å². The lowest BCUT2D eigenvalue weighted by Crippen LogP contribution is -2.14. The van der Waals surface area contributed by atoms with Gasteiger partial charge in [-0.2, -0.15) is 18.4 Å². The number of pyridine rings is 1. The Labute approximate surface area is 107 Å². The number of nitriles is 1. The van der Waals surface area contributed by atoms with Gasteiger partial charge in [0.25, 0.3) is 6.43 Å². The fourth-order valence-corrected chi connectivity index (χ4v) is 2.22. The predicted octanol–water partition coefficient (Wildman–Crippen LogP) is 3.71. The molecule has 0 saturated heterocycles. The molecule has 0 amide bonds. The van der Waals surface area contributed by atoms with Gasteiger partial charge < -0.3 is 0 Å². The fourth-order valence-electron chi connectivity index (χ4n) is 1.20. The zero-order chi connectivity index (χ0) is 13.2. The summed E-state index contributed by atoms with van der Waals surface area (Å²) in [6, 6.07) is 1.61. The lowest BCUT2D eigenvalue weighted by molar-refractivity contribution is -0.142. The minimum atomic E-state index is -4.79. The topological polar surface area (TPSA) is 36.7 Å². The maximum atomic E-state index is 12.7. The normalized spacial score (nSPS) is 11.6. The van der Waals surface area contributed by atoms with E-state index >= 15 is 0 Å². The van der Waals surface area contributed by atoms with Crippen LogP contribution < -0.4 is 0 Å². The largest absolute Gasteiger partial charge is 0.434 e. The Bertz CT molecular complexity index is 464. The minimum Gasteiger partial charge on any atom is -0.250 e. The third-order valence-electron chi connectivity index (χ3n) is 1.90. The molecule has 1 heterocycles. The first-order chi connectivity index (χ1) is 7.79. The van der Waals surface area contributed by atoms with Crippen molar-refractivity contribution in [3.8, 4) is 6.07 Å². The number of aromatic nitrogens is 1. The maximum absolute atomic E-state index is 12.7. The number of rotatable bonds is 2. The van der Waals surface area contributed by atoms with E-state index in [1.54, 1.807) is 6.07 Å². The Morgan fingerprint density at radius 3 is 2.41 bits per heavy atom. The zero-order valence-electron chi connectivity index (χ0n) is 8.02. The second-order valence-electron chi connectivity index (χ2n) is 2.99. The third kappa shape index (κ3) is 3.02. The van der Waals surface area contributed by atoms with Crippen molar-refractivity contribution >= 4 is 22.6 Å². The summed E-state index contributed by atoms with van der Waals surface area (Å²) in [5, 5.41) is 8.40. The van der Waals surface area contributed by atoms with E-state index in [0.29, 0.717) is 6.20 Å². The second-order valence-corrected chi connectivity index (χ2v) is 4.07. The fraction of sp³-hybridized carbons (Fsp3) is 0.333. The van der Waals surface area contributed by atoms with Crippen molar-refractivity contribution in [3.05, 3.63) is 26.6 Å². The molecular weight excluding hydrogens is 358 g/mol. The summed E-state index contributed by atoms with van der Waals surface area (Å²) >= 11 is 1.17. The number of alkyl halides is 5. The molecule has 17 heavy (non-hydrogen) atoms. The molecule has 0 atom stereocenters. The van der Waals surface area contributed by atoms with Crippen LogP contribution in [0.4, 0.5) is 22.0 Å². The van der Waals surface area contributed by atoms with E-state index in [0.717, 1.165) is 0 Å². The maximum Gasteiger partial charge on any atom is 0.434 e. The van der Waals surface area contributed by atoms with Gasteiger partial charge in [0.05, 0.1) is 16.1 Å². The van der Waals surface area contributed by atoms with Gasteiger partial charge in [-0.3, -0.25) is 4.98 Å². The molecule has 0 radical (unpaired) electrons. The molecule has 0 saturated carbocycles. The molecule has 2 nitrogen and oxygen atoms in total. The van der Waals surface area contributed by atoms with E-state index in [1.165, 1.54) is 22.6 Å². The zero-order valence-corrected chi connectivity index (χ0v) is 10.2. The minimum absolute atomic E-state index is 0.181. The molecule has 0 N–H and O–H groups in total. The first-order valence-electron chi connectivity index (χ1n) is 4.18. The summed E-state index contributed by atoms with van der Waals surface area (Å²) in [7, 11) is 0. The summed E-state index contributed by atoms with van der Waals surface area (Å²) in [5.74, 6) is 0. The van der Waals surface area contributed by atoms with Gasteiger partial charge in [-0.25, -0.2) is 8.78 Å². The van der Waals surface area contributed by atoms with Crippen LogP contribution in [0.5, 0.6) is 0 Å². The SMILES string of the molecule is N#CCc1cnc(C(F)(F)F)c(I)c1C(F)F. The molecule has 1 rings (SSSR count). The van der Waals surface area contributed by atoms with E-state index in [2.05, 4.69) is 4.98 Å². The summed E-state index contributed by atoms with van der Waals surface area (Å²) < 4.78 is 62.0. The van der Waals surface area contributed by atoms with E-state index in [4.69, 9.17) is 5.26 Å². The highest BCUT2D eigenvalue weighted by atomic mass is 127. The van der Waals surface area contributed by atoms with E-state index in [1.807, 2.05) is 0 Å². The molecule has 0 aliphatic carbocycles. The number of hydrogen-bond donors (Lipinski definition) is 0. The van der Waals surface area contributed by atoms with Crippen LogP contribution in [0.1, 0.15) is 23.2 Å². The smallest absolute Gasteiger partial charge is 0.250 e. The molecule has 0 fully saturated rings. The molecule has 0 aliphatic heterocycles. The van der Waals surface area contributed by atoms with Crippen molar-refractivity contribution in [2.75, 3.05) is 0 Å². The third-order valence-corrected chi connectivity index (χ3v) is 2.99. The highest BCUT2D eigenvalue weighted by Crippen LogP contribution is 2.37. The molecule has 0 spiro atoms. The number of halogens is 6. The van der Waals surface area contributed by atoms with E-state index in [-0.39, 0.29) is 5.56 Å². The summed E-state index contributed by atoms with van der Waals surface area (Å²) in [4.78, 5) is 3.09. The highest BCUT2D eigenvalue weighted by molar-refractivity contribution is 14.1. The van der Waals surface area contributed by atoms with Crippen LogP contribution in [0.25, 0.3) is 0 Å². The molecule has 1 aromatic rings. The molecule has 0 aromatic carbocycles. The molecule has 8 heteroatoms. The van der Waals surface area contributed by atoms with Gasteiger partial charge in [0.2, 0.25) is 0 Å². The Morgan fingerprint density at radius 2 is 2.00 bits per heavy atom. The molecular formula is C9H4F5IN2. The lowest BCUT2D eigenvalue weighted by atomic mass is 10.1. The average molecular weight is 362 g/mol. The molecule has 1 aromatic heterocycles. The Kier molecular flexibility index (Phi) is 4.24. The standard InChI is InChI=1S/C9H4F5IN2/c10-8(11)5-4(1-2-16)3-17-7(6(5)15)9(12,13)14/h3,8H,1H2. The van der Waals surface area contributed by atoms with Crippen LogP contribution in [0.15, 0.2) is 6.20 Å². The van der Waals surface area contributed by atoms with Gasteiger partial charge in [-0.1, -0.05) is 0 Å². The lowest BCUT2D eigenvalue weighted by Gasteiger charge is -2.14. The molecule has 92 valence electrons. The molecule has 0 aliphatic rings. The molecule has 0 bridgehead atoms. The number of hydrogen-bond acceptors (Lipinski definition) is 2. The van der Waals surface area contributed by atoms with Crippen LogP contribution in [-0.2, 0) is 12.6 Å². The van der Waals surface area contributed by atoms with Crippen molar-refractivity contribution in [3.63, 3.8) is 0 Å². The predicted molar refractivity (Wildman–Crippen MR) is 56.2 cm³/mol. The van der Waals surface area contributed by atoms with E-state index in [9.17, 15) is 22.0 Å². The van der Waals surface area contributed by atoms with Crippen LogP contribution in [0.3, 0.4) is 0 Å². The van der Waals surface area contributed by atoms with Crippen molar-refractivity contribution in [1.82, 2.24) is 4.98 Å². The summed E-state index contributed by atoms with van der Waals surface area (Å²) in [6.45, 7) is 0. The van der Waals surface area contributed by atoms with Crippen LogP contribution in [-0.4, -0.2) is 4.98 Å². The van der Waals surface area contributed by atoms with Crippen LogP contribution in [0, 0.1) is 14.9 Å². The average Bonchev–Trinajstić information content (AvgIpc) is 2.15. The van der Waals surface area contributed by atoms with Gasteiger partial charge in [-0.05, 0) is 28.2 Å². The monoisotopic (exact) mass is 362 g/mol. The summed E-state index contributed by atoms with van der Waals surface area (Å²) in [5.41, 5.74) is -2.30. The van der Waals surface area contributed by atoms with Gasteiger partial charge in [0.1, 0.15) is 0 Å². The Morgan fingerprint density at radius 1 is 1.41 bits per heavy atom. The van der Waals surface area contributed by atoms with Gasteiger partial charge in [-0.15, -0.1) is 0 Å². The second kappa shape index (κ2) is 5.12. The van der Waals surface area contributed by atoms with Gasteiger partial charge >= 0.3 is 6.18 Å². The summed E-state index contributed by atoms with van der Waals surface area (Å²) in [6.07, 6.45) is -7.59. The quantitative estimate of drug-likeness (QED) is 0.594. The van der Waals surface area contributed by atoms with Crippen molar-refractivity contribution in [2.45, 2.75) is 19.0 Å². The van der Waals surface area contributed by atoms with Crippen LogP contribution in [0.2, 0.25) is 0 Å². The Hall–Kier alpha value is -0.980. The van der Waals surface area contributed by atoms with E-state index < -0.39 is 33.9 Å². The van der Waals surface area contributed by atoms with Crippen molar-refractivity contribution in [2.24, 2.45) is 0 Å². The first kappa shape index (κ1) is 14.1. The van der Waals surface area contributed by atoms with Gasteiger partial charge in [0.15, 0.2) is 5.69 Å². The van der Waals surface area contributed by atoms with Gasteiger partial charge in [0, 0.05) is 11.8 Å². The molecule has 0 unspecified atom stereocenters. The number of nitrogens with zero attached hydrogens (tertiary/aromatic N) is 2. The Balaban J connectivity index is 3.45. The highest BCUT2D eigenvalue weighted by Gasteiger charge is 2.37. The van der Waals surface area contributed by atoms with Crippen LogP contribution >= 0.6 is 22.6 Å². The first-order valence-corrected chi connectivity index (χ1v) is 5.26.